The summed E-state index contributed by atoms with van der Waals surface area (Å²) in [6.45, 7) is 0. The highest BCUT2D eigenvalue weighted by molar-refractivity contribution is 5.20. The van der Waals surface area contributed by atoms with Crippen LogP contribution in [0.1, 0.15) is 11.1 Å². The lowest BCUT2D eigenvalue weighted by Crippen LogP contribution is -2.29. The predicted octanol–water partition coefficient (Wildman–Crippen LogP) is 2.46. The maximum Gasteiger partial charge on any atom is 0.212 e. The summed E-state index contributed by atoms with van der Waals surface area (Å²) < 4.78 is 5.07. The SMILES string of the molecule is CNC(Cc1ccccc1)Cc1ccc(OC)nc1. The molecular weight excluding hydrogens is 236 g/mol. The summed E-state index contributed by atoms with van der Waals surface area (Å²) in [4.78, 5) is 4.24. The molecule has 1 aromatic carbocycles. The molecule has 2 aromatic rings. The van der Waals surface area contributed by atoms with Gasteiger partial charge >= 0.3 is 0 Å². The van der Waals surface area contributed by atoms with E-state index in [1.54, 1.807) is 7.11 Å². The quantitative estimate of drug-likeness (QED) is 0.862. The van der Waals surface area contributed by atoms with Crippen LogP contribution in [0.15, 0.2) is 48.7 Å². The Labute approximate surface area is 114 Å². The smallest absolute Gasteiger partial charge is 0.212 e. The highest BCUT2D eigenvalue weighted by atomic mass is 16.5. The van der Waals surface area contributed by atoms with Crippen molar-refractivity contribution < 1.29 is 4.74 Å². The summed E-state index contributed by atoms with van der Waals surface area (Å²) in [7, 11) is 3.64. The molecule has 0 aliphatic rings. The highest BCUT2D eigenvalue weighted by Crippen LogP contribution is 2.11. The number of rotatable bonds is 6. The minimum atomic E-state index is 0.414. The van der Waals surface area contributed by atoms with Gasteiger partial charge in [-0.05, 0) is 31.0 Å². The molecule has 0 aliphatic carbocycles. The zero-order valence-corrected chi connectivity index (χ0v) is 11.5. The minimum absolute atomic E-state index is 0.414. The van der Waals surface area contributed by atoms with Crippen LogP contribution in [0.5, 0.6) is 5.88 Å². The molecule has 1 aromatic heterocycles. The number of pyridine rings is 1. The van der Waals surface area contributed by atoms with E-state index < -0.39 is 0 Å². The Hall–Kier alpha value is -1.87. The number of likely N-dealkylation sites (N-methyl/N-ethyl adjacent to an activating group) is 1. The van der Waals surface area contributed by atoms with Gasteiger partial charge in [-0.2, -0.15) is 0 Å². The molecule has 0 saturated carbocycles. The van der Waals surface area contributed by atoms with Crippen molar-refractivity contribution in [3.63, 3.8) is 0 Å². The zero-order valence-electron chi connectivity index (χ0n) is 11.5. The van der Waals surface area contributed by atoms with Crippen LogP contribution in [-0.2, 0) is 12.8 Å². The lowest BCUT2D eigenvalue weighted by atomic mass is 10.00. The van der Waals surface area contributed by atoms with Crippen molar-refractivity contribution in [2.24, 2.45) is 0 Å². The fourth-order valence-corrected chi connectivity index (χ4v) is 2.11. The lowest BCUT2D eigenvalue weighted by Gasteiger charge is -2.16. The van der Waals surface area contributed by atoms with Crippen molar-refractivity contribution in [3.05, 3.63) is 59.8 Å². The lowest BCUT2D eigenvalue weighted by molar-refractivity contribution is 0.397. The van der Waals surface area contributed by atoms with Crippen LogP contribution in [0, 0.1) is 0 Å². The van der Waals surface area contributed by atoms with Gasteiger partial charge in [0.2, 0.25) is 5.88 Å². The molecule has 0 aliphatic heterocycles. The van der Waals surface area contributed by atoms with Gasteiger partial charge < -0.3 is 10.1 Å². The maximum absolute atomic E-state index is 5.07. The first-order valence-corrected chi connectivity index (χ1v) is 6.52. The summed E-state index contributed by atoms with van der Waals surface area (Å²) >= 11 is 0. The standard InChI is InChI=1S/C16H20N2O/c1-17-15(10-13-6-4-3-5-7-13)11-14-8-9-16(19-2)18-12-14/h3-9,12,15,17H,10-11H2,1-2H3. The first-order valence-electron chi connectivity index (χ1n) is 6.52. The molecule has 19 heavy (non-hydrogen) atoms. The molecule has 0 radical (unpaired) electrons. The number of hydrogen-bond donors (Lipinski definition) is 1. The Kier molecular flexibility index (Phi) is 4.93. The molecule has 1 N–H and O–H groups in total. The Morgan fingerprint density at radius 3 is 2.37 bits per heavy atom. The summed E-state index contributed by atoms with van der Waals surface area (Å²) in [6.07, 6.45) is 3.86. The normalized spacial score (nSPS) is 12.1. The van der Waals surface area contributed by atoms with E-state index in [1.807, 2.05) is 25.4 Å². The van der Waals surface area contributed by atoms with Gasteiger partial charge in [-0.15, -0.1) is 0 Å². The average Bonchev–Trinajstić information content (AvgIpc) is 2.48. The van der Waals surface area contributed by atoms with Crippen molar-refractivity contribution in [2.75, 3.05) is 14.2 Å². The Balaban J connectivity index is 1.98. The molecule has 0 spiro atoms. The van der Waals surface area contributed by atoms with Gasteiger partial charge in [0.05, 0.1) is 7.11 Å². The number of benzene rings is 1. The molecule has 3 heteroatoms. The highest BCUT2D eigenvalue weighted by Gasteiger charge is 2.08. The van der Waals surface area contributed by atoms with Crippen molar-refractivity contribution >= 4 is 0 Å². The van der Waals surface area contributed by atoms with E-state index in [0.29, 0.717) is 11.9 Å². The van der Waals surface area contributed by atoms with Crippen LogP contribution >= 0.6 is 0 Å². The third kappa shape index (κ3) is 4.07. The molecule has 1 unspecified atom stereocenters. The summed E-state index contributed by atoms with van der Waals surface area (Å²) in [5.41, 5.74) is 2.57. The van der Waals surface area contributed by atoms with Crippen LogP contribution in [0.3, 0.4) is 0 Å². The van der Waals surface area contributed by atoms with Crippen LogP contribution in [0.25, 0.3) is 0 Å². The van der Waals surface area contributed by atoms with Gasteiger partial charge in [-0.1, -0.05) is 36.4 Å². The van der Waals surface area contributed by atoms with Gasteiger partial charge in [-0.25, -0.2) is 4.98 Å². The Morgan fingerprint density at radius 1 is 1.05 bits per heavy atom. The molecule has 0 saturated heterocycles. The summed E-state index contributed by atoms with van der Waals surface area (Å²) in [5, 5.41) is 3.37. The van der Waals surface area contributed by atoms with Crippen molar-refractivity contribution in [1.82, 2.24) is 10.3 Å². The van der Waals surface area contributed by atoms with Gasteiger partial charge in [0.15, 0.2) is 0 Å². The van der Waals surface area contributed by atoms with Crippen molar-refractivity contribution in [2.45, 2.75) is 18.9 Å². The van der Waals surface area contributed by atoms with E-state index in [9.17, 15) is 0 Å². The van der Waals surface area contributed by atoms with Crippen LogP contribution in [-0.4, -0.2) is 25.2 Å². The number of nitrogens with one attached hydrogen (secondary N) is 1. The number of hydrogen-bond acceptors (Lipinski definition) is 3. The first-order chi connectivity index (χ1) is 9.31. The molecule has 1 heterocycles. The predicted molar refractivity (Wildman–Crippen MR) is 77.5 cm³/mol. The van der Waals surface area contributed by atoms with E-state index in [0.717, 1.165) is 12.8 Å². The molecule has 3 nitrogen and oxygen atoms in total. The average molecular weight is 256 g/mol. The molecule has 100 valence electrons. The zero-order chi connectivity index (χ0) is 13.5. The van der Waals surface area contributed by atoms with Crippen LogP contribution in [0.4, 0.5) is 0 Å². The fraction of sp³-hybridized carbons (Fsp3) is 0.312. The second-order valence-corrected chi connectivity index (χ2v) is 4.59. The Bertz CT molecular complexity index is 482. The third-order valence-corrected chi connectivity index (χ3v) is 3.22. The summed E-state index contributed by atoms with van der Waals surface area (Å²) in [6, 6.07) is 14.9. The van der Waals surface area contributed by atoms with Crippen molar-refractivity contribution in [1.29, 1.82) is 0 Å². The molecule has 0 fully saturated rings. The van der Waals surface area contributed by atoms with Gasteiger partial charge in [0.25, 0.3) is 0 Å². The second kappa shape index (κ2) is 6.90. The monoisotopic (exact) mass is 256 g/mol. The van der Waals surface area contributed by atoms with E-state index in [2.05, 4.69) is 40.6 Å². The van der Waals surface area contributed by atoms with Gasteiger partial charge in [0, 0.05) is 18.3 Å². The van der Waals surface area contributed by atoms with E-state index in [-0.39, 0.29) is 0 Å². The molecular formula is C16H20N2O. The number of ether oxygens (including phenoxy) is 1. The topological polar surface area (TPSA) is 34.1 Å². The van der Waals surface area contributed by atoms with Gasteiger partial charge in [0.1, 0.15) is 0 Å². The number of methoxy groups -OCH3 is 1. The maximum atomic E-state index is 5.07. The number of nitrogens with zero attached hydrogens (tertiary/aromatic N) is 1. The summed E-state index contributed by atoms with van der Waals surface area (Å²) in [5.74, 6) is 0.660. The van der Waals surface area contributed by atoms with E-state index in [4.69, 9.17) is 4.74 Å². The third-order valence-electron chi connectivity index (χ3n) is 3.22. The van der Waals surface area contributed by atoms with Crippen LogP contribution < -0.4 is 10.1 Å². The van der Waals surface area contributed by atoms with E-state index >= 15 is 0 Å². The largest absolute Gasteiger partial charge is 0.481 e. The van der Waals surface area contributed by atoms with Gasteiger partial charge in [-0.3, -0.25) is 0 Å². The molecule has 2 rings (SSSR count). The van der Waals surface area contributed by atoms with Crippen LogP contribution in [0.2, 0.25) is 0 Å². The molecule has 0 amide bonds. The number of aromatic nitrogens is 1. The first kappa shape index (κ1) is 13.6. The fourth-order valence-electron chi connectivity index (χ4n) is 2.11. The Morgan fingerprint density at radius 2 is 1.79 bits per heavy atom. The van der Waals surface area contributed by atoms with Crippen molar-refractivity contribution in [3.8, 4) is 5.88 Å². The second-order valence-electron chi connectivity index (χ2n) is 4.59. The molecule has 0 bridgehead atoms. The molecule has 1 atom stereocenters. The minimum Gasteiger partial charge on any atom is -0.481 e. The van der Waals surface area contributed by atoms with E-state index in [1.165, 1.54) is 11.1 Å².